The largest absolute Gasteiger partial charge is 0.464 e. The van der Waals surface area contributed by atoms with Gasteiger partial charge in [-0.2, -0.15) is 0 Å². The average molecular weight is 903 g/mol. The number of aryl methyl sites for hydroxylation is 1. The van der Waals surface area contributed by atoms with Crippen LogP contribution in [0.3, 0.4) is 0 Å². The Morgan fingerprint density at radius 3 is 2.56 bits per heavy atom. The zero-order chi connectivity index (χ0) is 47.6. The molecule has 6 bridgehead atoms. The second-order valence-corrected chi connectivity index (χ2v) is 19.2. The van der Waals surface area contributed by atoms with Crippen LogP contribution >= 0.6 is 0 Å². The molecule has 5 heterocycles. The number of hydrogen-bond acceptors (Lipinski definition) is 10. The van der Waals surface area contributed by atoms with Gasteiger partial charge >= 0.3 is 5.97 Å². The third kappa shape index (κ3) is 9.79. The Bertz CT molecular complexity index is 2500. The lowest BCUT2D eigenvalue weighted by Gasteiger charge is -2.37. The Balaban J connectivity index is 1.29. The van der Waals surface area contributed by atoms with Crippen LogP contribution in [0.5, 0.6) is 0 Å². The quantitative estimate of drug-likeness (QED) is 0.141. The molecule has 7 rings (SSSR count). The smallest absolute Gasteiger partial charge is 0.324 e. The summed E-state index contributed by atoms with van der Waals surface area (Å²) in [6.07, 6.45) is 4.43. The number of carbonyl (C=O) groups excluding carboxylic acids is 5. The molecule has 2 saturated heterocycles. The minimum atomic E-state index is -1.08. The van der Waals surface area contributed by atoms with Crippen LogP contribution in [0.15, 0.2) is 73.4 Å². The molecule has 15 nitrogen and oxygen atoms in total. The van der Waals surface area contributed by atoms with Gasteiger partial charge in [0.05, 0.1) is 30.0 Å². The van der Waals surface area contributed by atoms with Gasteiger partial charge in [-0.05, 0) is 91.6 Å². The minimum Gasteiger partial charge on any atom is -0.464 e. The van der Waals surface area contributed by atoms with E-state index in [0.29, 0.717) is 32.4 Å². The number of aromatic nitrogens is 2. The highest BCUT2D eigenvalue weighted by atomic mass is 16.5. The maximum atomic E-state index is 14.7. The molecular formula is C51H66N8O7. The Labute approximate surface area is 388 Å². The van der Waals surface area contributed by atoms with Gasteiger partial charge in [-0.15, -0.1) is 0 Å². The van der Waals surface area contributed by atoms with Gasteiger partial charge in [-0.25, -0.2) is 5.43 Å². The number of amides is 4. The molecule has 3 aliphatic heterocycles. The summed E-state index contributed by atoms with van der Waals surface area (Å²) < 4.78 is 14.3. The lowest BCUT2D eigenvalue weighted by Crippen LogP contribution is -2.62. The summed E-state index contributed by atoms with van der Waals surface area (Å²) in [7, 11) is 3.25. The van der Waals surface area contributed by atoms with E-state index in [1.54, 1.807) is 20.4 Å². The maximum Gasteiger partial charge on any atom is 0.324 e. The molecule has 15 heteroatoms. The molecule has 4 aromatic rings. The van der Waals surface area contributed by atoms with Crippen LogP contribution in [0.25, 0.3) is 33.3 Å². The molecule has 6 atom stereocenters. The summed E-state index contributed by atoms with van der Waals surface area (Å²) in [6.45, 7) is 17.0. The van der Waals surface area contributed by atoms with E-state index in [2.05, 4.69) is 73.0 Å². The van der Waals surface area contributed by atoms with Gasteiger partial charge in [0.15, 0.2) is 0 Å². The number of fused-ring (bicyclic) bond motifs is 6. The first-order valence-corrected chi connectivity index (χ1v) is 23.2. The second-order valence-electron chi connectivity index (χ2n) is 19.2. The van der Waals surface area contributed by atoms with Gasteiger partial charge in [0.25, 0.3) is 5.91 Å². The Kier molecular flexibility index (Phi) is 14.5. The van der Waals surface area contributed by atoms with E-state index in [-0.39, 0.29) is 50.0 Å². The van der Waals surface area contributed by atoms with Crippen molar-refractivity contribution in [2.45, 2.75) is 104 Å². The molecule has 2 fully saturated rings. The van der Waals surface area contributed by atoms with E-state index in [1.807, 2.05) is 45.0 Å². The van der Waals surface area contributed by atoms with Crippen LogP contribution in [-0.4, -0.2) is 119 Å². The lowest BCUT2D eigenvalue weighted by atomic mass is 9.84. The van der Waals surface area contributed by atoms with Crippen molar-refractivity contribution in [1.29, 1.82) is 0 Å². The van der Waals surface area contributed by atoms with E-state index in [4.69, 9.17) is 20.2 Å². The van der Waals surface area contributed by atoms with E-state index in [1.165, 1.54) is 20.9 Å². The molecule has 4 amide bonds. The molecule has 352 valence electrons. The number of carbonyl (C=O) groups is 5. The Hall–Kier alpha value is -5.90. The molecule has 2 aromatic carbocycles. The van der Waals surface area contributed by atoms with Crippen molar-refractivity contribution in [1.82, 2.24) is 35.1 Å². The van der Waals surface area contributed by atoms with Crippen LogP contribution in [0.1, 0.15) is 77.3 Å². The molecular weight excluding hydrogens is 837 g/mol. The highest BCUT2D eigenvalue weighted by Gasteiger charge is 2.43. The highest BCUT2D eigenvalue weighted by Crippen LogP contribution is 2.42. The normalized spacial score (nSPS) is 22.1. The number of rotatable bonds is 10. The molecule has 66 heavy (non-hydrogen) atoms. The van der Waals surface area contributed by atoms with Crippen LogP contribution in [0.2, 0.25) is 0 Å². The number of nitrogens with two attached hydrogens (primary N) is 1. The number of ether oxygens (including phenoxy) is 2. The van der Waals surface area contributed by atoms with Crippen LogP contribution < -0.4 is 16.5 Å². The number of nitrogens with one attached hydrogen (secondary N) is 2. The second kappa shape index (κ2) is 19.9. The van der Waals surface area contributed by atoms with Crippen molar-refractivity contribution in [3.8, 4) is 22.4 Å². The van der Waals surface area contributed by atoms with Crippen molar-refractivity contribution in [3.05, 3.63) is 90.3 Å². The number of benzene rings is 2. The first-order chi connectivity index (χ1) is 31.5. The van der Waals surface area contributed by atoms with Crippen molar-refractivity contribution < 1.29 is 33.4 Å². The maximum absolute atomic E-state index is 14.7. The van der Waals surface area contributed by atoms with E-state index in [9.17, 15) is 24.0 Å². The minimum absolute atomic E-state index is 0.111. The van der Waals surface area contributed by atoms with E-state index in [0.717, 1.165) is 50.1 Å². The standard InChI is InChI=1S/C51H66N8O7/c1-10-43(60)57-27-38(39(52)28-57)48(62)56(8)45(30(3)4)47(61)54-41-24-32-15-12-16-33(23-32)34-19-20-42-36(25-34)37(46(58(42)11-2)35-17-13-21-53-44(35)31(5)65-9)26-51(6,7)29-66-50(64)40-18-14-22-59(55-40)49(41)63/h10,12-13,15-17,19-21,23,25,30-31,38-41,45,55H,1,11,14,18,22,24,26-29,52H2,2-9H3,(H,54,61)/t31-,38+,39+,40-,41-,45-/m0/s1. The summed E-state index contributed by atoms with van der Waals surface area (Å²) in [6, 6.07) is 15.1. The molecule has 0 spiro atoms. The number of likely N-dealkylation sites (tertiary alicyclic amines) is 1. The number of likely N-dealkylation sites (N-methyl/N-ethyl adjacent to an activating group) is 1. The number of nitrogens with zero attached hydrogens (tertiary/aromatic N) is 5. The molecule has 0 saturated carbocycles. The summed E-state index contributed by atoms with van der Waals surface area (Å²) in [5.74, 6) is -3.15. The van der Waals surface area contributed by atoms with E-state index < -0.39 is 53.3 Å². The summed E-state index contributed by atoms with van der Waals surface area (Å²) >= 11 is 0. The van der Waals surface area contributed by atoms with Gasteiger partial charge in [0.1, 0.15) is 18.1 Å². The molecule has 0 aliphatic carbocycles. The molecule has 4 N–H and O–H groups in total. The third-order valence-electron chi connectivity index (χ3n) is 13.5. The Morgan fingerprint density at radius 2 is 1.85 bits per heavy atom. The highest BCUT2D eigenvalue weighted by molar-refractivity contribution is 5.96. The predicted molar refractivity (Wildman–Crippen MR) is 253 cm³/mol. The van der Waals surface area contributed by atoms with Crippen molar-refractivity contribution in [3.63, 3.8) is 0 Å². The fourth-order valence-corrected chi connectivity index (χ4v) is 9.97. The van der Waals surface area contributed by atoms with Gasteiger partial charge < -0.3 is 34.9 Å². The summed E-state index contributed by atoms with van der Waals surface area (Å²) in [5.41, 5.74) is 16.8. The molecule has 2 aromatic heterocycles. The van der Waals surface area contributed by atoms with Crippen molar-refractivity contribution in [2.24, 2.45) is 23.0 Å². The lowest BCUT2D eigenvalue weighted by molar-refractivity contribution is -0.155. The topological polar surface area (TPSA) is 181 Å². The Morgan fingerprint density at radius 1 is 1.09 bits per heavy atom. The molecule has 0 unspecified atom stereocenters. The van der Waals surface area contributed by atoms with Gasteiger partial charge in [-0.1, -0.05) is 64.6 Å². The fraction of sp³-hybridized carbons (Fsp3) is 0.490. The summed E-state index contributed by atoms with van der Waals surface area (Å²) in [4.78, 5) is 77.3. The SMILES string of the molecule is C=CC(=O)N1C[C@@H](N)[C@H](C(=O)N(C)[C@H](C(=O)N[C@H]2Cc3cccc(c3)-c3ccc4c(c3)c(c(-c3cccnc3[C@H](C)OC)n4CC)CC(C)(C)COC(=O)[C@@H]3CCCN(N3)C2=O)C(C)C)C1. The third-order valence-corrected chi connectivity index (χ3v) is 13.5. The molecule has 3 aliphatic rings. The predicted octanol–water partition coefficient (Wildman–Crippen LogP) is 5.20. The molecule has 0 radical (unpaired) electrons. The van der Waals surface area contributed by atoms with Crippen LogP contribution in [0.4, 0.5) is 0 Å². The first kappa shape index (κ1) is 48.0. The number of pyridine rings is 1. The van der Waals surface area contributed by atoms with Gasteiger partial charge in [0, 0.05) is 80.9 Å². The average Bonchev–Trinajstić information content (AvgIpc) is 3.85. The zero-order valence-corrected chi connectivity index (χ0v) is 39.6. The van der Waals surface area contributed by atoms with Crippen LogP contribution in [0, 0.1) is 17.3 Å². The fourth-order valence-electron chi connectivity index (χ4n) is 9.97. The van der Waals surface area contributed by atoms with Crippen molar-refractivity contribution in [2.75, 3.05) is 40.4 Å². The monoisotopic (exact) mass is 903 g/mol. The van der Waals surface area contributed by atoms with Crippen molar-refractivity contribution >= 4 is 40.5 Å². The zero-order valence-electron chi connectivity index (χ0n) is 39.6. The first-order valence-electron chi connectivity index (χ1n) is 23.2. The number of esters is 1. The van der Waals surface area contributed by atoms with Crippen LogP contribution in [-0.2, 0) is 52.8 Å². The van der Waals surface area contributed by atoms with Gasteiger partial charge in [0.2, 0.25) is 17.7 Å². The summed E-state index contributed by atoms with van der Waals surface area (Å²) in [5, 5.41) is 5.53. The number of cyclic esters (lactones) is 1. The number of hydrogen-bond donors (Lipinski definition) is 3. The van der Waals surface area contributed by atoms with Gasteiger partial charge in [-0.3, -0.25) is 34.0 Å². The van der Waals surface area contributed by atoms with E-state index >= 15 is 0 Å². The number of methoxy groups -OCH3 is 1. The number of hydrazine groups is 1.